The Labute approximate surface area is 96.2 Å². The van der Waals surface area contributed by atoms with Gasteiger partial charge in [0.25, 0.3) is 0 Å². The molecule has 4 heteroatoms. The molecule has 0 aromatic carbocycles. The van der Waals surface area contributed by atoms with Gasteiger partial charge in [-0.1, -0.05) is 0 Å². The molecule has 16 heavy (non-hydrogen) atoms. The van der Waals surface area contributed by atoms with Crippen molar-refractivity contribution in [2.45, 2.75) is 26.3 Å². The van der Waals surface area contributed by atoms with Crippen LogP contribution < -0.4 is 0 Å². The Morgan fingerprint density at radius 1 is 1.50 bits per heavy atom. The van der Waals surface area contributed by atoms with Crippen LogP contribution in [0.2, 0.25) is 0 Å². The Kier molecular flexibility index (Phi) is 3.72. The summed E-state index contributed by atoms with van der Waals surface area (Å²) in [6, 6.07) is 1.94. The summed E-state index contributed by atoms with van der Waals surface area (Å²) in [7, 11) is 0. The Morgan fingerprint density at radius 2 is 2.38 bits per heavy atom. The zero-order valence-corrected chi connectivity index (χ0v) is 9.80. The minimum Gasteiger partial charge on any atom is -0.301 e. The summed E-state index contributed by atoms with van der Waals surface area (Å²) in [5.74, 6) is 0.593. The number of hydrogen-bond acceptors (Lipinski definition) is 3. The van der Waals surface area contributed by atoms with Crippen LogP contribution in [0.1, 0.15) is 19.8 Å². The fourth-order valence-electron chi connectivity index (χ4n) is 2.27. The largest absolute Gasteiger partial charge is 0.301 e. The molecule has 2 heterocycles. The van der Waals surface area contributed by atoms with E-state index in [4.69, 9.17) is 0 Å². The van der Waals surface area contributed by atoms with Crippen molar-refractivity contribution in [3.63, 3.8) is 0 Å². The quantitative estimate of drug-likeness (QED) is 0.766. The average Bonchev–Trinajstić information content (AvgIpc) is 2.79. The highest BCUT2D eigenvalue weighted by molar-refractivity contribution is 5.78. The molecule has 0 aliphatic carbocycles. The summed E-state index contributed by atoms with van der Waals surface area (Å²) in [5.41, 5.74) is 0. The lowest BCUT2D eigenvalue weighted by Gasteiger charge is -2.31. The Balaban J connectivity index is 1.79. The van der Waals surface area contributed by atoms with Gasteiger partial charge in [-0.3, -0.25) is 9.48 Å². The summed E-state index contributed by atoms with van der Waals surface area (Å²) in [6.45, 7) is 5.66. The number of aromatic nitrogens is 2. The summed E-state index contributed by atoms with van der Waals surface area (Å²) >= 11 is 0. The molecule has 4 nitrogen and oxygen atoms in total. The van der Waals surface area contributed by atoms with E-state index < -0.39 is 0 Å². The number of piperidine rings is 1. The molecule has 1 aromatic heterocycles. The van der Waals surface area contributed by atoms with E-state index in [2.05, 4.69) is 10.00 Å². The topological polar surface area (TPSA) is 38.1 Å². The molecule has 0 saturated carbocycles. The number of carbonyl (C=O) groups excluding carboxylic acids is 1. The molecular formula is C12H19N3O. The molecule has 1 saturated heterocycles. The maximum Gasteiger partial charge on any atom is 0.134 e. The second kappa shape index (κ2) is 5.25. The lowest BCUT2D eigenvalue weighted by atomic mass is 9.95. The summed E-state index contributed by atoms with van der Waals surface area (Å²) in [4.78, 5) is 13.7. The van der Waals surface area contributed by atoms with Crippen molar-refractivity contribution in [1.29, 1.82) is 0 Å². The van der Waals surface area contributed by atoms with E-state index in [0.29, 0.717) is 5.78 Å². The molecule has 2 rings (SSSR count). The van der Waals surface area contributed by atoms with Crippen molar-refractivity contribution in [3.8, 4) is 0 Å². The normalized spacial score (nSPS) is 22.2. The van der Waals surface area contributed by atoms with Crippen molar-refractivity contribution in [2.75, 3.05) is 19.6 Å². The Bertz CT molecular complexity index is 334. The minimum absolute atomic E-state index is 0.256. The van der Waals surface area contributed by atoms with Crippen molar-refractivity contribution in [3.05, 3.63) is 18.5 Å². The van der Waals surface area contributed by atoms with Crippen LogP contribution >= 0.6 is 0 Å². The highest BCUT2D eigenvalue weighted by Crippen LogP contribution is 2.16. The smallest absolute Gasteiger partial charge is 0.134 e. The summed E-state index contributed by atoms with van der Waals surface area (Å²) < 4.78 is 1.94. The van der Waals surface area contributed by atoms with Gasteiger partial charge in [0.2, 0.25) is 0 Å². The lowest BCUT2D eigenvalue weighted by Crippen LogP contribution is -2.39. The number of ketones is 1. The number of nitrogens with zero attached hydrogens (tertiary/aromatic N) is 3. The maximum absolute atomic E-state index is 11.3. The fraction of sp³-hybridized carbons (Fsp3) is 0.667. The number of likely N-dealkylation sites (tertiary alicyclic amines) is 1. The van der Waals surface area contributed by atoms with Gasteiger partial charge in [-0.05, 0) is 32.4 Å². The van der Waals surface area contributed by atoms with Crippen molar-refractivity contribution in [1.82, 2.24) is 14.7 Å². The number of hydrogen-bond donors (Lipinski definition) is 0. The third-order valence-corrected chi connectivity index (χ3v) is 3.28. The predicted octanol–water partition coefficient (Wildman–Crippen LogP) is 1.18. The molecule has 1 fully saturated rings. The van der Waals surface area contributed by atoms with E-state index >= 15 is 0 Å². The van der Waals surface area contributed by atoms with Crippen LogP contribution in [0.15, 0.2) is 18.5 Å². The van der Waals surface area contributed by atoms with Crippen molar-refractivity contribution < 1.29 is 4.79 Å². The lowest BCUT2D eigenvalue weighted by molar-refractivity contribution is -0.122. The van der Waals surface area contributed by atoms with E-state index in [-0.39, 0.29) is 5.92 Å². The van der Waals surface area contributed by atoms with Gasteiger partial charge in [0, 0.05) is 31.4 Å². The van der Waals surface area contributed by atoms with Crippen LogP contribution in [0.5, 0.6) is 0 Å². The third kappa shape index (κ3) is 2.92. The first kappa shape index (κ1) is 11.3. The predicted molar refractivity (Wildman–Crippen MR) is 62.1 cm³/mol. The van der Waals surface area contributed by atoms with E-state index in [9.17, 15) is 4.79 Å². The molecule has 1 aliphatic heterocycles. The van der Waals surface area contributed by atoms with Gasteiger partial charge < -0.3 is 4.90 Å². The first-order valence-electron chi connectivity index (χ1n) is 5.96. The van der Waals surface area contributed by atoms with Gasteiger partial charge in [0.15, 0.2) is 0 Å². The molecule has 1 unspecified atom stereocenters. The standard InChI is InChI=1S/C12H19N3O/c1-11(16)12-4-2-6-14(10-12)8-9-15-7-3-5-13-15/h3,5,7,12H,2,4,6,8-10H2,1H3. The minimum atomic E-state index is 0.256. The van der Waals surface area contributed by atoms with Gasteiger partial charge in [-0.15, -0.1) is 0 Å². The first-order chi connectivity index (χ1) is 7.75. The van der Waals surface area contributed by atoms with Crippen LogP contribution in [0.25, 0.3) is 0 Å². The Hall–Kier alpha value is -1.16. The molecule has 0 amide bonds. The molecular weight excluding hydrogens is 202 g/mol. The first-order valence-corrected chi connectivity index (χ1v) is 5.96. The van der Waals surface area contributed by atoms with E-state index in [1.54, 1.807) is 13.1 Å². The number of Topliss-reactive ketones (excluding diaryl/α,β-unsaturated/α-hetero) is 1. The molecule has 88 valence electrons. The average molecular weight is 221 g/mol. The highest BCUT2D eigenvalue weighted by atomic mass is 16.1. The van der Waals surface area contributed by atoms with Gasteiger partial charge in [0.05, 0.1) is 6.54 Å². The zero-order chi connectivity index (χ0) is 11.4. The maximum atomic E-state index is 11.3. The summed E-state index contributed by atoms with van der Waals surface area (Å²) in [5, 5.41) is 4.18. The van der Waals surface area contributed by atoms with Gasteiger partial charge in [0.1, 0.15) is 5.78 Å². The summed E-state index contributed by atoms with van der Waals surface area (Å²) in [6.07, 6.45) is 5.98. The van der Waals surface area contributed by atoms with Crippen LogP contribution in [0, 0.1) is 5.92 Å². The van der Waals surface area contributed by atoms with Crippen molar-refractivity contribution >= 4 is 5.78 Å². The van der Waals surface area contributed by atoms with E-state index in [0.717, 1.165) is 39.0 Å². The van der Waals surface area contributed by atoms with Crippen LogP contribution in [0.3, 0.4) is 0 Å². The van der Waals surface area contributed by atoms with Crippen molar-refractivity contribution in [2.24, 2.45) is 5.92 Å². The Morgan fingerprint density at radius 3 is 3.06 bits per heavy atom. The molecule has 0 spiro atoms. The second-order valence-corrected chi connectivity index (χ2v) is 4.52. The third-order valence-electron chi connectivity index (χ3n) is 3.28. The number of rotatable bonds is 4. The van der Waals surface area contributed by atoms with Crippen LogP contribution in [0.4, 0.5) is 0 Å². The van der Waals surface area contributed by atoms with Crippen LogP contribution in [-0.4, -0.2) is 40.1 Å². The molecule has 0 N–H and O–H groups in total. The second-order valence-electron chi connectivity index (χ2n) is 4.52. The van der Waals surface area contributed by atoms with Gasteiger partial charge in [-0.25, -0.2) is 0 Å². The highest BCUT2D eigenvalue weighted by Gasteiger charge is 2.22. The van der Waals surface area contributed by atoms with E-state index in [1.807, 2.05) is 16.9 Å². The zero-order valence-electron chi connectivity index (χ0n) is 9.80. The molecule has 1 aliphatic rings. The molecule has 1 atom stereocenters. The van der Waals surface area contributed by atoms with E-state index in [1.165, 1.54) is 0 Å². The molecule has 0 radical (unpaired) electrons. The number of carbonyl (C=O) groups is 1. The molecule has 0 bridgehead atoms. The fourth-order valence-corrected chi connectivity index (χ4v) is 2.27. The van der Waals surface area contributed by atoms with Gasteiger partial charge >= 0.3 is 0 Å². The SMILES string of the molecule is CC(=O)C1CCCN(CCn2cccn2)C1. The molecule has 1 aromatic rings. The van der Waals surface area contributed by atoms with Gasteiger partial charge in [-0.2, -0.15) is 5.10 Å². The van der Waals surface area contributed by atoms with Crippen LogP contribution in [-0.2, 0) is 11.3 Å². The monoisotopic (exact) mass is 221 g/mol.